The fourth-order valence-electron chi connectivity index (χ4n) is 1.32. The van der Waals surface area contributed by atoms with Crippen molar-refractivity contribution >= 4 is 11.6 Å². The van der Waals surface area contributed by atoms with E-state index in [0.717, 1.165) is 12.8 Å². The lowest BCUT2D eigenvalue weighted by molar-refractivity contribution is 0.260. The molecule has 16 heavy (non-hydrogen) atoms. The van der Waals surface area contributed by atoms with Gasteiger partial charge in [0.05, 0.1) is 24.3 Å². The summed E-state index contributed by atoms with van der Waals surface area (Å²) >= 11 is 5.96. The highest BCUT2D eigenvalue weighted by Gasteiger charge is 2.06. The van der Waals surface area contributed by atoms with E-state index in [0.29, 0.717) is 29.4 Å². The largest absolute Gasteiger partial charge is 0.492 e. The minimum absolute atomic E-state index is 0.0892. The lowest BCUT2D eigenvalue weighted by Crippen LogP contribution is -2.01. The molecule has 0 aliphatic heterocycles. The minimum atomic E-state index is -0.0892. The highest BCUT2D eigenvalue weighted by atomic mass is 35.5. The van der Waals surface area contributed by atoms with Gasteiger partial charge in [0.15, 0.2) is 0 Å². The summed E-state index contributed by atoms with van der Waals surface area (Å²) in [5, 5.41) is 18.0. The zero-order valence-electron chi connectivity index (χ0n) is 8.95. The molecule has 0 unspecified atom stereocenters. The molecule has 0 amide bonds. The van der Waals surface area contributed by atoms with Gasteiger partial charge >= 0.3 is 0 Å². The summed E-state index contributed by atoms with van der Waals surface area (Å²) in [5.41, 5.74) is 0.688. The highest BCUT2D eigenvalue weighted by Crippen LogP contribution is 2.28. The standard InChI is InChI=1S/C12H14ClNO2/c13-11-6-4-5-10(9-15)12(11)16-8-3-1-2-7-14/h4-6,15H,1-3,8-9H2. The average Bonchev–Trinajstić information content (AvgIpc) is 2.30. The fraction of sp³-hybridized carbons (Fsp3) is 0.417. The van der Waals surface area contributed by atoms with E-state index in [-0.39, 0.29) is 6.61 Å². The molecule has 0 radical (unpaired) electrons. The number of aliphatic hydroxyl groups is 1. The second-order valence-electron chi connectivity index (χ2n) is 3.35. The Morgan fingerprint density at radius 2 is 2.19 bits per heavy atom. The zero-order chi connectivity index (χ0) is 11.8. The molecule has 86 valence electrons. The summed E-state index contributed by atoms with van der Waals surface area (Å²) < 4.78 is 5.50. The van der Waals surface area contributed by atoms with Gasteiger partial charge in [-0.2, -0.15) is 5.26 Å². The lowest BCUT2D eigenvalue weighted by Gasteiger charge is -2.11. The molecule has 0 saturated carbocycles. The summed E-state index contributed by atoms with van der Waals surface area (Å²) in [7, 11) is 0. The number of unbranched alkanes of at least 4 members (excludes halogenated alkanes) is 2. The quantitative estimate of drug-likeness (QED) is 0.777. The number of para-hydroxylation sites is 1. The Bertz CT molecular complexity index is 374. The average molecular weight is 240 g/mol. The summed E-state index contributed by atoms with van der Waals surface area (Å²) in [6.07, 6.45) is 2.16. The molecule has 1 aromatic carbocycles. The van der Waals surface area contributed by atoms with Crippen LogP contribution in [0.2, 0.25) is 5.02 Å². The van der Waals surface area contributed by atoms with E-state index < -0.39 is 0 Å². The van der Waals surface area contributed by atoms with Crippen LogP contribution in [0.15, 0.2) is 18.2 Å². The number of nitriles is 1. The molecule has 1 aromatic rings. The van der Waals surface area contributed by atoms with Crippen LogP contribution in [0.25, 0.3) is 0 Å². The van der Waals surface area contributed by atoms with Gasteiger partial charge in [-0.05, 0) is 18.9 Å². The van der Waals surface area contributed by atoms with Crippen molar-refractivity contribution < 1.29 is 9.84 Å². The van der Waals surface area contributed by atoms with Gasteiger partial charge in [-0.25, -0.2) is 0 Å². The van der Waals surface area contributed by atoms with Crippen LogP contribution in [0.4, 0.5) is 0 Å². The summed E-state index contributed by atoms with van der Waals surface area (Å²) in [6.45, 7) is 0.423. The maximum absolute atomic E-state index is 9.10. The Morgan fingerprint density at radius 3 is 2.88 bits per heavy atom. The van der Waals surface area contributed by atoms with Crippen LogP contribution in [-0.4, -0.2) is 11.7 Å². The van der Waals surface area contributed by atoms with E-state index in [1.54, 1.807) is 18.2 Å². The van der Waals surface area contributed by atoms with Crippen molar-refractivity contribution in [2.24, 2.45) is 0 Å². The summed E-state index contributed by atoms with van der Waals surface area (Å²) in [6, 6.07) is 7.35. The zero-order valence-corrected chi connectivity index (χ0v) is 9.70. The Hall–Kier alpha value is -1.24. The fourth-order valence-corrected chi connectivity index (χ4v) is 1.57. The third-order valence-electron chi connectivity index (χ3n) is 2.15. The van der Waals surface area contributed by atoms with Gasteiger partial charge in [0.25, 0.3) is 0 Å². The highest BCUT2D eigenvalue weighted by molar-refractivity contribution is 6.32. The predicted octanol–water partition coefficient (Wildman–Crippen LogP) is 2.90. The van der Waals surface area contributed by atoms with Crippen molar-refractivity contribution in [3.8, 4) is 11.8 Å². The molecule has 0 atom stereocenters. The number of hydrogen-bond acceptors (Lipinski definition) is 3. The number of ether oxygens (including phenoxy) is 1. The van der Waals surface area contributed by atoms with E-state index in [9.17, 15) is 0 Å². The topological polar surface area (TPSA) is 53.2 Å². The Morgan fingerprint density at radius 1 is 1.38 bits per heavy atom. The van der Waals surface area contributed by atoms with Gasteiger partial charge in [-0.1, -0.05) is 23.7 Å². The molecule has 0 aliphatic rings. The maximum Gasteiger partial charge on any atom is 0.143 e. The first-order valence-electron chi connectivity index (χ1n) is 5.17. The molecule has 0 bridgehead atoms. The number of aliphatic hydroxyl groups excluding tert-OH is 1. The SMILES string of the molecule is N#CCCCCOc1c(Cl)cccc1CO. The maximum atomic E-state index is 9.10. The summed E-state index contributed by atoms with van der Waals surface area (Å²) in [4.78, 5) is 0. The van der Waals surface area contributed by atoms with E-state index in [1.807, 2.05) is 0 Å². The number of nitrogens with zero attached hydrogens (tertiary/aromatic N) is 1. The van der Waals surface area contributed by atoms with E-state index in [1.165, 1.54) is 0 Å². The Labute approximate surface area is 100 Å². The first-order valence-corrected chi connectivity index (χ1v) is 5.55. The van der Waals surface area contributed by atoms with Crippen LogP contribution in [0, 0.1) is 11.3 Å². The minimum Gasteiger partial charge on any atom is -0.492 e. The number of halogens is 1. The molecule has 0 aromatic heterocycles. The van der Waals surface area contributed by atoms with Crippen molar-refractivity contribution in [2.75, 3.05) is 6.61 Å². The lowest BCUT2D eigenvalue weighted by atomic mass is 10.2. The van der Waals surface area contributed by atoms with Crippen LogP contribution >= 0.6 is 11.6 Å². The van der Waals surface area contributed by atoms with Crippen LogP contribution in [0.5, 0.6) is 5.75 Å². The molecule has 3 nitrogen and oxygen atoms in total. The summed E-state index contributed by atoms with van der Waals surface area (Å²) in [5.74, 6) is 0.545. The number of hydrogen-bond donors (Lipinski definition) is 1. The van der Waals surface area contributed by atoms with E-state index in [2.05, 4.69) is 6.07 Å². The van der Waals surface area contributed by atoms with E-state index >= 15 is 0 Å². The van der Waals surface area contributed by atoms with Gasteiger partial charge in [-0.3, -0.25) is 0 Å². The Kier molecular flexibility index (Phi) is 5.69. The third-order valence-corrected chi connectivity index (χ3v) is 2.45. The normalized spacial score (nSPS) is 9.81. The van der Waals surface area contributed by atoms with Crippen LogP contribution in [-0.2, 0) is 6.61 Å². The van der Waals surface area contributed by atoms with Crippen LogP contribution in [0.3, 0.4) is 0 Å². The van der Waals surface area contributed by atoms with Gasteiger partial charge in [0.1, 0.15) is 5.75 Å². The molecule has 0 saturated heterocycles. The van der Waals surface area contributed by atoms with Gasteiger partial charge in [0, 0.05) is 12.0 Å². The molecule has 0 spiro atoms. The molecule has 0 aliphatic carbocycles. The molecular weight excluding hydrogens is 226 g/mol. The monoisotopic (exact) mass is 239 g/mol. The Balaban J connectivity index is 2.50. The van der Waals surface area contributed by atoms with Crippen molar-refractivity contribution in [3.63, 3.8) is 0 Å². The molecule has 0 fully saturated rings. The molecule has 1 N–H and O–H groups in total. The number of rotatable bonds is 6. The third kappa shape index (κ3) is 3.73. The number of benzene rings is 1. The van der Waals surface area contributed by atoms with E-state index in [4.69, 9.17) is 26.7 Å². The van der Waals surface area contributed by atoms with Gasteiger partial charge < -0.3 is 9.84 Å². The van der Waals surface area contributed by atoms with Crippen molar-refractivity contribution in [2.45, 2.75) is 25.9 Å². The molecule has 0 heterocycles. The molecular formula is C12H14ClNO2. The second kappa shape index (κ2) is 7.10. The smallest absolute Gasteiger partial charge is 0.143 e. The van der Waals surface area contributed by atoms with Gasteiger partial charge in [0.2, 0.25) is 0 Å². The van der Waals surface area contributed by atoms with Crippen LogP contribution in [0.1, 0.15) is 24.8 Å². The molecule has 4 heteroatoms. The van der Waals surface area contributed by atoms with Gasteiger partial charge in [-0.15, -0.1) is 0 Å². The van der Waals surface area contributed by atoms with Crippen molar-refractivity contribution in [3.05, 3.63) is 28.8 Å². The van der Waals surface area contributed by atoms with Crippen LogP contribution < -0.4 is 4.74 Å². The predicted molar refractivity (Wildman–Crippen MR) is 62.3 cm³/mol. The second-order valence-corrected chi connectivity index (χ2v) is 3.76. The first kappa shape index (κ1) is 12.8. The van der Waals surface area contributed by atoms with Crippen molar-refractivity contribution in [1.29, 1.82) is 5.26 Å². The van der Waals surface area contributed by atoms with Crippen molar-refractivity contribution in [1.82, 2.24) is 0 Å². The molecule has 1 rings (SSSR count). The first-order chi connectivity index (χ1) is 7.79.